The van der Waals surface area contributed by atoms with E-state index >= 15 is 0 Å². The molecule has 19 heavy (non-hydrogen) atoms. The lowest BCUT2D eigenvalue weighted by Crippen LogP contribution is -2.27. The van der Waals surface area contributed by atoms with Crippen LogP contribution in [0.4, 0.5) is 0 Å². The smallest absolute Gasteiger partial charge is 0.162 e. The molecule has 5 nitrogen and oxygen atoms in total. The molecule has 0 radical (unpaired) electrons. The number of benzene rings is 1. The first-order valence-corrected chi connectivity index (χ1v) is 6.71. The zero-order valence-electron chi connectivity index (χ0n) is 10.8. The predicted molar refractivity (Wildman–Crippen MR) is 72.0 cm³/mol. The summed E-state index contributed by atoms with van der Waals surface area (Å²) in [6.07, 6.45) is 2.22. The van der Waals surface area contributed by atoms with E-state index in [1.54, 1.807) is 0 Å². The molecule has 2 N–H and O–H groups in total. The summed E-state index contributed by atoms with van der Waals surface area (Å²) in [5.74, 6) is 3.04. The van der Waals surface area contributed by atoms with Crippen LogP contribution in [-0.4, -0.2) is 28.3 Å². The van der Waals surface area contributed by atoms with Crippen LogP contribution in [0.3, 0.4) is 0 Å². The highest BCUT2D eigenvalue weighted by Crippen LogP contribution is 2.21. The summed E-state index contributed by atoms with van der Waals surface area (Å²) in [4.78, 5) is 4.53. The van der Waals surface area contributed by atoms with Crippen LogP contribution >= 0.6 is 0 Å². The molecule has 0 amide bonds. The van der Waals surface area contributed by atoms with Crippen molar-refractivity contribution in [1.82, 2.24) is 20.5 Å². The van der Waals surface area contributed by atoms with E-state index in [0.717, 1.165) is 43.3 Å². The number of aromatic amines is 1. The molecule has 0 saturated carbocycles. The molecule has 1 fully saturated rings. The summed E-state index contributed by atoms with van der Waals surface area (Å²) in [7, 11) is 0. The van der Waals surface area contributed by atoms with Gasteiger partial charge in [-0.2, -0.15) is 5.10 Å². The lowest BCUT2D eigenvalue weighted by molar-refractivity contribution is 0.296. The standard InChI is InChI=1S/C14H18N4O/c1-2-4-12(5-3-1)19-10-13-16-14(18-17-13)11-6-8-15-9-7-11/h1-5,11,15H,6-10H2,(H,16,17,18). The summed E-state index contributed by atoms with van der Waals surface area (Å²) in [6.45, 7) is 2.53. The number of H-pyrrole nitrogens is 1. The number of nitrogens with one attached hydrogen (secondary N) is 2. The van der Waals surface area contributed by atoms with Gasteiger partial charge in [-0.05, 0) is 38.1 Å². The maximum absolute atomic E-state index is 5.65. The summed E-state index contributed by atoms with van der Waals surface area (Å²) in [5, 5.41) is 10.6. The molecule has 1 aromatic carbocycles. The zero-order valence-corrected chi connectivity index (χ0v) is 10.8. The van der Waals surface area contributed by atoms with Gasteiger partial charge in [-0.25, -0.2) is 4.98 Å². The molecule has 5 heteroatoms. The summed E-state index contributed by atoms with van der Waals surface area (Å²) >= 11 is 0. The Morgan fingerprint density at radius 1 is 1.16 bits per heavy atom. The molecule has 2 aromatic rings. The number of para-hydroxylation sites is 1. The maximum Gasteiger partial charge on any atom is 0.162 e. The maximum atomic E-state index is 5.65. The molecule has 100 valence electrons. The summed E-state index contributed by atoms with van der Waals surface area (Å²) in [5.41, 5.74) is 0. The minimum Gasteiger partial charge on any atom is -0.486 e. The predicted octanol–water partition coefficient (Wildman–Crippen LogP) is 1.85. The quantitative estimate of drug-likeness (QED) is 0.878. The minimum atomic E-state index is 0.433. The highest BCUT2D eigenvalue weighted by molar-refractivity contribution is 5.21. The first-order valence-electron chi connectivity index (χ1n) is 6.71. The second-order valence-electron chi connectivity index (χ2n) is 4.77. The number of aromatic nitrogens is 3. The van der Waals surface area contributed by atoms with Crippen LogP contribution in [0.25, 0.3) is 0 Å². The molecule has 0 bridgehead atoms. The van der Waals surface area contributed by atoms with Gasteiger partial charge in [0.1, 0.15) is 12.4 Å². The van der Waals surface area contributed by atoms with Gasteiger partial charge in [0.05, 0.1) is 0 Å². The van der Waals surface area contributed by atoms with Crippen molar-refractivity contribution in [3.63, 3.8) is 0 Å². The first-order chi connectivity index (χ1) is 9.42. The van der Waals surface area contributed by atoms with Crippen LogP contribution in [-0.2, 0) is 6.61 Å². The van der Waals surface area contributed by atoms with Crippen molar-refractivity contribution in [1.29, 1.82) is 0 Å². The Morgan fingerprint density at radius 2 is 1.95 bits per heavy atom. The molecular formula is C14H18N4O. The van der Waals surface area contributed by atoms with Gasteiger partial charge in [-0.15, -0.1) is 0 Å². The molecule has 0 aliphatic carbocycles. The second kappa shape index (κ2) is 5.84. The molecule has 0 unspecified atom stereocenters. The van der Waals surface area contributed by atoms with Gasteiger partial charge < -0.3 is 10.1 Å². The van der Waals surface area contributed by atoms with Gasteiger partial charge >= 0.3 is 0 Å². The Morgan fingerprint density at radius 3 is 2.74 bits per heavy atom. The summed E-state index contributed by atoms with van der Waals surface area (Å²) in [6, 6.07) is 9.75. The number of piperidine rings is 1. The zero-order chi connectivity index (χ0) is 12.9. The van der Waals surface area contributed by atoms with Crippen molar-refractivity contribution in [2.45, 2.75) is 25.4 Å². The fourth-order valence-corrected chi connectivity index (χ4v) is 2.31. The normalized spacial score (nSPS) is 16.4. The van der Waals surface area contributed by atoms with E-state index in [1.165, 1.54) is 0 Å². The van der Waals surface area contributed by atoms with Crippen LogP contribution in [0.1, 0.15) is 30.4 Å². The highest BCUT2D eigenvalue weighted by atomic mass is 16.5. The summed E-state index contributed by atoms with van der Waals surface area (Å²) < 4.78 is 5.65. The van der Waals surface area contributed by atoms with E-state index in [0.29, 0.717) is 12.5 Å². The molecule has 1 aliphatic rings. The van der Waals surface area contributed by atoms with E-state index in [9.17, 15) is 0 Å². The molecule has 1 aliphatic heterocycles. The SMILES string of the molecule is c1ccc(OCc2nc(C3CCNCC3)n[nH]2)cc1. The van der Waals surface area contributed by atoms with Crippen LogP contribution in [0.2, 0.25) is 0 Å². The first kappa shape index (κ1) is 12.2. The number of rotatable bonds is 4. The Kier molecular flexibility index (Phi) is 3.74. The van der Waals surface area contributed by atoms with Gasteiger partial charge in [0.15, 0.2) is 11.6 Å². The van der Waals surface area contributed by atoms with Crippen LogP contribution < -0.4 is 10.1 Å². The molecular weight excluding hydrogens is 240 g/mol. The van der Waals surface area contributed by atoms with Crippen molar-refractivity contribution in [3.8, 4) is 5.75 Å². The lowest BCUT2D eigenvalue weighted by Gasteiger charge is -2.19. The van der Waals surface area contributed by atoms with Gasteiger partial charge in [0.25, 0.3) is 0 Å². The highest BCUT2D eigenvalue weighted by Gasteiger charge is 2.19. The average Bonchev–Trinajstić information content (AvgIpc) is 2.96. The van der Waals surface area contributed by atoms with Crippen molar-refractivity contribution >= 4 is 0 Å². The van der Waals surface area contributed by atoms with Gasteiger partial charge in [0, 0.05) is 5.92 Å². The lowest BCUT2D eigenvalue weighted by atomic mass is 9.98. The Hall–Kier alpha value is -1.88. The number of ether oxygens (including phenoxy) is 1. The second-order valence-corrected chi connectivity index (χ2v) is 4.77. The van der Waals surface area contributed by atoms with E-state index in [4.69, 9.17) is 4.74 Å². The Labute approximate surface area is 112 Å². The molecule has 3 rings (SSSR count). The van der Waals surface area contributed by atoms with Crippen LogP contribution in [0, 0.1) is 0 Å². The molecule has 1 saturated heterocycles. The van der Waals surface area contributed by atoms with Crippen molar-refractivity contribution in [2.75, 3.05) is 13.1 Å². The van der Waals surface area contributed by atoms with E-state index in [2.05, 4.69) is 20.5 Å². The van der Waals surface area contributed by atoms with Gasteiger partial charge in [-0.1, -0.05) is 18.2 Å². The monoisotopic (exact) mass is 258 g/mol. The van der Waals surface area contributed by atoms with Crippen molar-refractivity contribution in [3.05, 3.63) is 42.0 Å². The minimum absolute atomic E-state index is 0.433. The van der Waals surface area contributed by atoms with Gasteiger partial charge in [0.2, 0.25) is 0 Å². The molecule has 2 heterocycles. The Balaban J connectivity index is 1.58. The van der Waals surface area contributed by atoms with Crippen LogP contribution in [0.15, 0.2) is 30.3 Å². The molecule has 0 atom stereocenters. The largest absolute Gasteiger partial charge is 0.486 e. The third-order valence-electron chi connectivity index (χ3n) is 3.37. The van der Waals surface area contributed by atoms with Crippen molar-refractivity contribution < 1.29 is 4.74 Å². The third kappa shape index (κ3) is 3.12. The topological polar surface area (TPSA) is 62.8 Å². The van der Waals surface area contributed by atoms with Gasteiger partial charge in [-0.3, -0.25) is 5.10 Å². The van der Waals surface area contributed by atoms with E-state index in [-0.39, 0.29) is 0 Å². The fourth-order valence-electron chi connectivity index (χ4n) is 2.31. The van der Waals surface area contributed by atoms with Crippen molar-refractivity contribution in [2.24, 2.45) is 0 Å². The average molecular weight is 258 g/mol. The molecule has 0 spiro atoms. The van der Waals surface area contributed by atoms with Crippen LogP contribution in [0.5, 0.6) is 5.75 Å². The van der Waals surface area contributed by atoms with E-state index in [1.807, 2.05) is 30.3 Å². The number of nitrogens with zero attached hydrogens (tertiary/aromatic N) is 2. The number of hydrogen-bond donors (Lipinski definition) is 2. The third-order valence-corrected chi connectivity index (χ3v) is 3.37. The molecule has 1 aromatic heterocycles. The fraction of sp³-hybridized carbons (Fsp3) is 0.429. The Bertz CT molecular complexity index is 505. The van der Waals surface area contributed by atoms with E-state index < -0.39 is 0 Å². The number of hydrogen-bond acceptors (Lipinski definition) is 4.